The van der Waals surface area contributed by atoms with Crippen molar-refractivity contribution in [3.8, 4) is 0 Å². The molecule has 0 bridgehead atoms. The Hall–Kier alpha value is -0.820. The summed E-state index contributed by atoms with van der Waals surface area (Å²) in [5.41, 5.74) is 0. The number of likely N-dealkylation sites (tertiary alicyclic amines) is 1. The van der Waals surface area contributed by atoms with Gasteiger partial charge in [0.2, 0.25) is 5.91 Å². The van der Waals surface area contributed by atoms with E-state index in [-0.39, 0.29) is 37.9 Å². The van der Waals surface area contributed by atoms with Gasteiger partial charge in [-0.1, -0.05) is 0 Å². The first-order chi connectivity index (χ1) is 8.93. The summed E-state index contributed by atoms with van der Waals surface area (Å²) in [6.45, 7) is 0.312. The lowest BCUT2D eigenvalue weighted by atomic mass is 9.93. The van der Waals surface area contributed by atoms with Gasteiger partial charge in [0.05, 0.1) is 24.6 Å². The molecule has 2 saturated heterocycles. The van der Waals surface area contributed by atoms with E-state index in [9.17, 15) is 18.0 Å². The van der Waals surface area contributed by atoms with E-state index in [1.807, 2.05) is 0 Å². The van der Waals surface area contributed by atoms with Crippen LogP contribution in [0.3, 0.4) is 0 Å². The van der Waals surface area contributed by atoms with Gasteiger partial charge in [0.15, 0.2) is 0 Å². The number of amides is 1. The van der Waals surface area contributed by atoms with E-state index in [1.54, 1.807) is 4.90 Å². The molecule has 7 heteroatoms. The molecule has 19 heavy (non-hydrogen) atoms. The van der Waals surface area contributed by atoms with Gasteiger partial charge in [-0.2, -0.15) is 13.2 Å². The molecule has 0 aliphatic carbocycles. The average molecular weight is 280 g/mol. The van der Waals surface area contributed by atoms with Crippen LogP contribution in [0.5, 0.6) is 0 Å². The molecule has 1 amide bonds. The van der Waals surface area contributed by atoms with Crippen LogP contribution in [0.4, 0.5) is 13.2 Å². The van der Waals surface area contributed by atoms with E-state index in [0.29, 0.717) is 6.54 Å². The first-order valence-electron chi connectivity index (χ1n) is 6.65. The molecule has 4 nitrogen and oxygen atoms in total. The number of halogens is 3. The van der Waals surface area contributed by atoms with Crippen LogP contribution in [0.25, 0.3) is 0 Å². The van der Waals surface area contributed by atoms with E-state index < -0.39 is 18.1 Å². The summed E-state index contributed by atoms with van der Waals surface area (Å²) in [4.78, 5) is 13.8. The van der Waals surface area contributed by atoms with Gasteiger partial charge < -0.3 is 15.3 Å². The minimum Gasteiger partial charge on any atom is -0.394 e. The predicted octanol–water partition coefficient (Wildman–Crippen LogP) is 0.900. The third-order valence-corrected chi connectivity index (χ3v) is 4.05. The summed E-state index contributed by atoms with van der Waals surface area (Å²) >= 11 is 0. The first kappa shape index (κ1) is 14.6. The highest BCUT2D eigenvalue weighted by atomic mass is 19.4. The smallest absolute Gasteiger partial charge is 0.393 e. The van der Waals surface area contributed by atoms with Gasteiger partial charge in [0.25, 0.3) is 0 Å². The van der Waals surface area contributed by atoms with Gasteiger partial charge >= 0.3 is 6.18 Å². The van der Waals surface area contributed by atoms with Crippen molar-refractivity contribution >= 4 is 5.91 Å². The van der Waals surface area contributed by atoms with Crippen molar-refractivity contribution in [3.63, 3.8) is 0 Å². The lowest BCUT2D eigenvalue weighted by molar-refractivity contribution is -0.180. The monoisotopic (exact) mass is 280 g/mol. The van der Waals surface area contributed by atoms with E-state index in [4.69, 9.17) is 5.11 Å². The largest absolute Gasteiger partial charge is 0.394 e. The zero-order chi connectivity index (χ0) is 14.0. The zero-order valence-corrected chi connectivity index (χ0v) is 10.6. The van der Waals surface area contributed by atoms with E-state index >= 15 is 0 Å². The fourth-order valence-corrected chi connectivity index (χ4v) is 2.86. The Labute approximate surface area is 110 Å². The molecule has 110 valence electrons. The SMILES string of the molecule is O=C(C1CCC(C(F)(F)F)CN1)N1CCCC1CO. The number of piperidine rings is 1. The minimum absolute atomic E-state index is 0.00939. The molecule has 3 unspecified atom stereocenters. The molecule has 2 heterocycles. The Balaban J connectivity index is 1.89. The number of carbonyl (C=O) groups excluding carboxylic acids is 1. The molecule has 0 aromatic rings. The highest BCUT2D eigenvalue weighted by Crippen LogP contribution is 2.32. The van der Waals surface area contributed by atoms with Crippen molar-refractivity contribution in [2.45, 2.75) is 43.9 Å². The highest BCUT2D eigenvalue weighted by Gasteiger charge is 2.43. The van der Waals surface area contributed by atoms with Crippen molar-refractivity contribution in [2.24, 2.45) is 5.92 Å². The summed E-state index contributed by atoms with van der Waals surface area (Å²) in [6, 6.07) is -0.708. The van der Waals surface area contributed by atoms with Gasteiger partial charge in [-0.15, -0.1) is 0 Å². The molecule has 2 aliphatic heterocycles. The van der Waals surface area contributed by atoms with Crippen LogP contribution < -0.4 is 5.32 Å². The maximum absolute atomic E-state index is 12.5. The minimum atomic E-state index is -4.19. The molecule has 0 aromatic carbocycles. The van der Waals surface area contributed by atoms with Crippen LogP contribution in [0.1, 0.15) is 25.7 Å². The van der Waals surface area contributed by atoms with Crippen molar-refractivity contribution in [1.29, 1.82) is 0 Å². The summed E-state index contributed by atoms with van der Waals surface area (Å²) in [5.74, 6) is -1.53. The highest BCUT2D eigenvalue weighted by molar-refractivity contribution is 5.82. The van der Waals surface area contributed by atoms with Gasteiger partial charge in [0, 0.05) is 13.1 Å². The van der Waals surface area contributed by atoms with Gasteiger partial charge in [-0.3, -0.25) is 4.79 Å². The van der Waals surface area contributed by atoms with E-state index in [1.165, 1.54) is 0 Å². The summed E-state index contributed by atoms with van der Waals surface area (Å²) in [7, 11) is 0. The molecule has 0 saturated carbocycles. The van der Waals surface area contributed by atoms with Crippen molar-refractivity contribution < 1.29 is 23.1 Å². The van der Waals surface area contributed by atoms with Crippen LogP contribution in [0, 0.1) is 5.92 Å². The molecule has 0 radical (unpaired) electrons. The molecule has 0 aromatic heterocycles. The van der Waals surface area contributed by atoms with Crippen molar-refractivity contribution in [1.82, 2.24) is 10.2 Å². The number of nitrogens with zero attached hydrogens (tertiary/aromatic N) is 1. The first-order valence-corrected chi connectivity index (χ1v) is 6.65. The number of nitrogens with one attached hydrogen (secondary N) is 1. The Morgan fingerprint density at radius 2 is 2.05 bits per heavy atom. The number of aliphatic hydroxyl groups is 1. The second-order valence-corrected chi connectivity index (χ2v) is 5.29. The van der Waals surface area contributed by atoms with Crippen molar-refractivity contribution in [2.75, 3.05) is 19.7 Å². The number of alkyl halides is 3. The second-order valence-electron chi connectivity index (χ2n) is 5.29. The third kappa shape index (κ3) is 3.20. The molecule has 0 spiro atoms. The lowest BCUT2D eigenvalue weighted by Gasteiger charge is -2.34. The Kier molecular flexibility index (Phi) is 4.35. The third-order valence-electron chi connectivity index (χ3n) is 4.05. The van der Waals surface area contributed by atoms with Crippen LogP contribution in [-0.2, 0) is 4.79 Å². The number of carbonyl (C=O) groups is 1. The Morgan fingerprint density at radius 3 is 2.58 bits per heavy atom. The van der Waals surface area contributed by atoms with Crippen LogP contribution >= 0.6 is 0 Å². The number of rotatable bonds is 2. The molecule has 2 fully saturated rings. The average Bonchev–Trinajstić information content (AvgIpc) is 2.85. The van der Waals surface area contributed by atoms with Crippen LogP contribution in [0.15, 0.2) is 0 Å². The van der Waals surface area contributed by atoms with Crippen LogP contribution in [-0.4, -0.2) is 53.9 Å². The number of hydrogen-bond acceptors (Lipinski definition) is 3. The molecule has 3 atom stereocenters. The van der Waals surface area contributed by atoms with E-state index in [0.717, 1.165) is 12.8 Å². The van der Waals surface area contributed by atoms with E-state index in [2.05, 4.69) is 5.32 Å². The maximum Gasteiger partial charge on any atom is 0.393 e. The van der Waals surface area contributed by atoms with Crippen LogP contribution in [0.2, 0.25) is 0 Å². The normalized spacial score (nSPS) is 32.6. The standard InChI is InChI=1S/C12H19F3N2O2/c13-12(14,15)8-3-4-10(16-6-8)11(19)17-5-1-2-9(17)7-18/h8-10,16,18H,1-7H2. The fraction of sp³-hybridized carbons (Fsp3) is 0.917. The summed E-state index contributed by atoms with van der Waals surface area (Å²) < 4.78 is 37.6. The molecular formula is C12H19F3N2O2. The molecule has 2 rings (SSSR count). The predicted molar refractivity (Wildman–Crippen MR) is 62.4 cm³/mol. The Morgan fingerprint density at radius 1 is 1.32 bits per heavy atom. The fourth-order valence-electron chi connectivity index (χ4n) is 2.86. The lowest BCUT2D eigenvalue weighted by Crippen LogP contribution is -2.53. The molecular weight excluding hydrogens is 261 g/mol. The maximum atomic E-state index is 12.5. The quantitative estimate of drug-likeness (QED) is 0.790. The Bertz CT molecular complexity index is 327. The zero-order valence-electron chi connectivity index (χ0n) is 10.6. The summed E-state index contributed by atoms with van der Waals surface area (Å²) in [6.07, 6.45) is -2.39. The van der Waals surface area contributed by atoms with Gasteiger partial charge in [0.1, 0.15) is 0 Å². The topological polar surface area (TPSA) is 52.6 Å². The van der Waals surface area contributed by atoms with Gasteiger partial charge in [-0.25, -0.2) is 0 Å². The van der Waals surface area contributed by atoms with Crippen molar-refractivity contribution in [3.05, 3.63) is 0 Å². The number of aliphatic hydroxyl groups excluding tert-OH is 1. The molecule has 2 aliphatic rings. The molecule has 2 N–H and O–H groups in total. The number of hydrogen-bond donors (Lipinski definition) is 2. The van der Waals surface area contributed by atoms with Gasteiger partial charge in [-0.05, 0) is 25.7 Å². The second kappa shape index (κ2) is 5.66. The summed E-state index contributed by atoms with van der Waals surface area (Å²) in [5, 5.41) is 11.9.